The van der Waals surface area contributed by atoms with E-state index in [1.807, 2.05) is 33.8 Å². The van der Waals surface area contributed by atoms with Crippen molar-refractivity contribution >= 4 is 36.0 Å². The van der Waals surface area contributed by atoms with Gasteiger partial charge in [0, 0.05) is 28.4 Å². The number of aromatic amines is 1. The predicted octanol–water partition coefficient (Wildman–Crippen LogP) is 4.26. The van der Waals surface area contributed by atoms with E-state index < -0.39 is 17.8 Å². The SMILES string of the molecule is CC1(C)C[C@@H](n2nnc3cc(-c4ccc(-c5cn[nH]c5)cc4O)nnc32)[C@H](F)C(C)(C)N1.Cl.Cl. The predicted molar refractivity (Wildman–Crippen MR) is 132 cm³/mol. The van der Waals surface area contributed by atoms with Gasteiger partial charge >= 0.3 is 0 Å². The van der Waals surface area contributed by atoms with E-state index in [4.69, 9.17) is 0 Å². The van der Waals surface area contributed by atoms with Gasteiger partial charge in [-0.05, 0) is 57.9 Å². The van der Waals surface area contributed by atoms with E-state index in [-0.39, 0.29) is 36.1 Å². The third-order valence-corrected chi connectivity index (χ3v) is 6.05. The van der Waals surface area contributed by atoms with E-state index in [1.54, 1.807) is 35.3 Å². The molecule has 1 aliphatic heterocycles. The van der Waals surface area contributed by atoms with Crippen molar-refractivity contribution in [3.63, 3.8) is 0 Å². The molecule has 182 valence electrons. The lowest BCUT2D eigenvalue weighted by atomic mass is 9.78. The summed E-state index contributed by atoms with van der Waals surface area (Å²) in [6, 6.07) is 6.48. The Bertz CT molecular complexity index is 1290. The van der Waals surface area contributed by atoms with Gasteiger partial charge in [-0.2, -0.15) is 5.10 Å². The molecule has 0 radical (unpaired) electrons. The zero-order valence-corrected chi connectivity index (χ0v) is 20.8. The highest BCUT2D eigenvalue weighted by Crippen LogP contribution is 2.39. The summed E-state index contributed by atoms with van der Waals surface area (Å²) in [5.74, 6) is 0.0652. The Morgan fingerprint density at radius 3 is 2.50 bits per heavy atom. The largest absolute Gasteiger partial charge is 0.507 e. The fraction of sp³-hybridized carbons (Fsp3) is 0.409. The van der Waals surface area contributed by atoms with Crippen LogP contribution in [0.1, 0.15) is 40.2 Å². The van der Waals surface area contributed by atoms with Gasteiger partial charge in [-0.15, -0.1) is 40.1 Å². The Hall–Kier alpha value is -2.82. The molecule has 0 amide bonds. The van der Waals surface area contributed by atoms with Gasteiger partial charge in [0.1, 0.15) is 17.4 Å². The quantitative estimate of drug-likeness (QED) is 0.378. The summed E-state index contributed by atoms with van der Waals surface area (Å²) >= 11 is 0. The molecule has 1 aliphatic rings. The maximum absolute atomic E-state index is 15.4. The van der Waals surface area contributed by atoms with E-state index in [0.717, 1.165) is 11.1 Å². The molecule has 5 rings (SSSR count). The summed E-state index contributed by atoms with van der Waals surface area (Å²) in [6.07, 6.45) is 2.79. The van der Waals surface area contributed by atoms with Crippen molar-refractivity contribution in [1.29, 1.82) is 0 Å². The second-order valence-corrected chi connectivity index (χ2v) is 9.60. The van der Waals surface area contributed by atoms with E-state index in [1.165, 1.54) is 0 Å². The molecule has 0 unspecified atom stereocenters. The van der Waals surface area contributed by atoms with Crippen LogP contribution < -0.4 is 5.32 Å². The molecule has 1 aromatic carbocycles. The molecule has 1 saturated heterocycles. The highest BCUT2D eigenvalue weighted by molar-refractivity contribution is 5.85. The molecule has 9 nitrogen and oxygen atoms in total. The van der Waals surface area contributed by atoms with E-state index in [2.05, 4.69) is 36.0 Å². The standard InChI is InChI=1S/C22H25FN8O.2ClH/c1-21(2)9-17(19(23)22(3,4)29-21)31-20-16(27-30-31)8-15(26-28-20)14-6-5-12(7-18(14)32)13-10-24-25-11-13;;/h5-8,10-11,17,19,29,32H,9H2,1-4H3,(H,24,25);2*1H/t17-,19+;;/m1../s1. The lowest BCUT2D eigenvalue weighted by molar-refractivity contribution is 0.0257. The number of hydrogen-bond acceptors (Lipinski definition) is 7. The maximum atomic E-state index is 15.4. The van der Waals surface area contributed by atoms with Crippen LogP contribution in [0.5, 0.6) is 5.75 Å². The molecule has 4 heterocycles. The minimum atomic E-state index is -1.18. The first-order valence-corrected chi connectivity index (χ1v) is 10.5. The Morgan fingerprint density at radius 2 is 1.82 bits per heavy atom. The number of phenolic OH excluding ortho intramolecular Hbond substituents is 1. The average molecular weight is 509 g/mol. The third-order valence-electron chi connectivity index (χ3n) is 6.05. The Labute approximate surface area is 208 Å². The van der Waals surface area contributed by atoms with Crippen LogP contribution in [-0.4, -0.2) is 57.7 Å². The number of aromatic nitrogens is 7. The van der Waals surface area contributed by atoms with Crippen LogP contribution in [0.2, 0.25) is 0 Å². The number of halogens is 3. The van der Waals surface area contributed by atoms with Gasteiger partial charge in [0.2, 0.25) is 5.65 Å². The fourth-order valence-electron chi connectivity index (χ4n) is 4.75. The molecule has 2 atom stereocenters. The molecule has 34 heavy (non-hydrogen) atoms. The molecule has 0 saturated carbocycles. The van der Waals surface area contributed by atoms with Gasteiger partial charge < -0.3 is 10.4 Å². The van der Waals surface area contributed by atoms with E-state index in [0.29, 0.717) is 28.8 Å². The lowest BCUT2D eigenvalue weighted by Gasteiger charge is -2.48. The smallest absolute Gasteiger partial charge is 0.201 e. The number of nitrogens with one attached hydrogen (secondary N) is 2. The number of alkyl halides is 1. The molecule has 0 aliphatic carbocycles. The van der Waals surface area contributed by atoms with Crippen LogP contribution in [0.25, 0.3) is 33.5 Å². The van der Waals surface area contributed by atoms with Gasteiger partial charge in [-0.3, -0.25) is 5.10 Å². The number of hydrogen-bond donors (Lipinski definition) is 3. The van der Waals surface area contributed by atoms with Crippen molar-refractivity contribution in [2.24, 2.45) is 0 Å². The molecular weight excluding hydrogens is 482 g/mol. The summed E-state index contributed by atoms with van der Waals surface area (Å²) in [6.45, 7) is 7.80. The first-order valence-electron chi connectivity index (χ1n) is 10.5. The second-order valence-electron chi connectivity index (χ2n) is 9.60. The number of rotatable bonds is 3. The maximum Gasteiger partial charge on any atom is 0.201 e. The third kappa shape index (κ3) is 4.45. The zero-order valence-electron chi connectivity index (χ0n) is 19.2. The van der Waals surface area contributed by atoms with Crippen molar-refractivity contribution in [2.45, 2.75) is 57.4 Å². The normalized spacial score (nSPS) is 21.0. The average Bonchev–Trinajstić information content (AvgIpc) is 3.39. The van der Waals surface area contributed by atoms with Gasteiger partial charge in [0.25, 0.3) is 0 Å². The van der Waals surface area contributed by atoms with Crippen LogP contribution in [0.3, 0.4) is 0 Å². The molecule has 1 fully saturated rings. The van der Waals surface area contributed by atoms with E-state index >= 15 is 4.39 Å². The summed E-state index contributed by atoms with van der Waals surface area (Å²) < 4.78 is 16.9. The summed E-state index contributed by atoms with van der Waals surface area (Å²) in [7, 11) is 0. The second kappa shape index (κ2) is 9.09. The summed E-state index contributed by atoms with van der Waals surface area (Å²) in [4.78, 5) is 0. The minimum absolute atomic E-state index is 0. The molecule has 3 N–H and O–H groups in total. The van der Waals surface area contributed by atoms with Crippen molar-refractivity contribution in [3.8, 4) is 28.1 Å². The van der Waals surface area contributed by atoms with Crippen LogP contribution in [-0.2, 0) is 0 Å². The minimum Gasteiger partial charge on any atom is -0.507 e. The fourth-order valence-corrected chi connectivity index (χ4v) is 4.75. The van der Waals surface area contributed by atoms with Gasteiger partial charge in [0.05, 0.1) is 17.9 Å². The van der Waals surface area contributed by atoms with Crippen molar-refractivity contribution < 1.29 is 9.50 Å². The summed E-state index contributed by atoms with van der Waals surface area (Å²) in [5, 5.41) is 37.7. The van der Waals surface area contributed by atoms with Crippen molar-refractivity contribution in [1.82, 2.24) is 40.7 Å². The highest BCUT2D eigenvalue weighted by Gasteiger charge is 2.48. The number of phenols is 1. The number of aromatic hydroxyl groups is 1. The van der Waals surface area contributed by atoms with E-state index in [9.17, 15) is 5.11 Å². The van der Waals surface area contributed by atoms with Crippen LogP contribution in [0, 0.1) is 0 Å². The molecule has 3 aromatic heterocycles. The van der Waals surface area contributed by atoms with Crippen LogP contribution in [0.4, 0.5) is 4.39 Å². The van der Waals surface area contributed by atoms with Gasteiger partial charge in [0.15, 0.2) is 0 Å². The molecule has 4 aromatic rings. The lowest BCUT2D eigenvalue weighted by Crippen LogP contribution is -2.64. The summed E-state index contributed by atoms with van der Waals surface area (Å²) in [5.41, 5.74) is 2.59. The monoisotopic (exact) mass is 508 g/mol. The van der Waals surface area contributed by atoms with Crippen molar-refractivity contribution in [3.05, 3.63) is 36.7 Å². The first-order chi connectivity index (χ1) is 15.1. The number of nitrogens with zero attached hydrogens (tertiary/aromatic N) is 6. The molecule has 0 spiro atoms. The Morgan fingerprint density at radius 1 is 1.06 bits per heavy atom. The Balaban J connectivity index is 0.00000162. The van der Waals surface area contributed by atoms with Crippen molar-refractivity contribution in [2.75, 3.05) is 0 Å². The number of piperidine rings is 1. The number of H-pyrrole nitrogens is 1. The zero-order chi connectivity index (χ0) is 22.7. The Kier molecular flexibility index (Phi) is 6.89. The van der Waals surface area contributed by atoms with Crippen LogP contribution in [0.15, 0.2) is 36.7 Å². The molecular formula is C22H27Cl2FN8O. The molecule has 0 bridgehead atoms. The highest BCUT2D eigenvalue weighted by atomic mass is 35.5. The first kappa shape index (κ1) is 25.8. The topological polar surface area (TPSA) is 117 Å². The van der Waals surface area contributed by atoms with Crippen LogP contribution >= 0.6 is 24.8 Å². The van der Waals surface area contributed by atoms with Gasteiger partial charge in [-0.1, -0.05) is 11.3 Å². The number of fused-ring (bicyclic) bond motifs is 1. The van der Waals surface area contributed by atoms with Gasteiger partial charge in [-0.25, -0.2) is 9.07 Å². The number of benzene rings is 1. The molecule has 12 heteroatoms.